The molecular weight excluding hydrogens is 449 g/mol. The second-order valence-electron chi connectivity index (χ2n) is 7.09. The number of nitrogens with one attached hydrogen (secondary N) is 1. The SMILES string of the molecule is CC(=O)NC1(C(F)(F)F)N=C(c2ccccc2)N(CCc2ccc(S(N)(=O)=O)cc2)C1=O. The number of nitrogens with zero attached hydrogens (tertiary/aromatic N) is 2. The van der Waals surface area contributed by atoms with Crippen molar-refractivity contribution in [1.82, 2.24) is 10.2 Å². The monoisotopic (exact) mass is 468 g/mol. The number of amidine groups is 1. The van der Waals surface area contributed by atoms with Gasteiger partial charge in [-0.15, -0.1) is 0 Å². The standard InChI is InChI=1S/C20H19F3N4O4S/c1-13(28)25-19(20(21,22)23)18(29)27(17(26-19)15-5-3-2-4-6-15)12-11-14-7-9-16(10-8-14)32(24,30)31/h2-10H,11-12H2,1H3,(H,25,28)(H2,24,30,31). The Morgan fingerprint density at radius 3 is 2.22 bits per heavy atom. The van der Waals surface area contributed by atoms with E-state index >= 15 is 0 Å². The van der Waals surface area contributed by atoms with Crippen molar-refractivity contribution in [3.05, 3.63) is 65.7 Å². The fourth-order valence-electron chi connectivity index (χ4n) is 3.25. The summed E-state index contributed by atoms with van der Waals surface area (Å²) in [4.78, 5) is 28.9. The first-order valence-corrected chi connectivity index (χ1v) is 10.8. The molecule has 1 aliphatic heterocycles. The van der Waals surface area contributed by atoms with Crippen molar-refractivity contribution in [2.75, 3.05) is 6.54 Å². The third-order valence-electron chi connectivity index (χ3n) is 4.76. The zero-order valence-electron chi connectivity index (χ0n) is 16.8. The fourth-order valence-corrected chi connectivity index (χ4v) is 3.77. The Morgan fingerprint density at radius 1 is 1.12 bits per heavy atom. The van der Waals surface area contributed by atoms with E-state index < -0.39 is 33.7 Å². The van der Waals surface area contributed by atoms with Gasteiger partial charge in [-0.1, -0.05) is 42.5 Å². The lowest BCUT2D eigenvalue weighted by atomic mass is 10.1. The van der Waals surface area contributed by atoms with E-state index in [0.717, 1.165) is 11.8 Å². The number of sulfonamides is 1. The number of nitrogens with two attached hydrogens (primary N) is 1. The summed E-state index contributed by atoms with van der Waals surface area (Å²) in [5, 5.41) is 6.73. The molecule has 12 heteroatoms. The molecule has 1 atom stereocenters. The van der Waals surface area contributed by atoms with E-state index in [9.17, 15) is 31.2 Å². The summed E-state index contributed by atoms with van der Waals surface area (Å²) < 4.78 is 64.7. The van der Waals surface area contributed by atoms with Crippen LogP contribution in [0.25, 0.3) is 0 Å². The average molecular weight is 468 g/mol. The number of halogens is 3. The van der Waals surface area contributed by atoms with Gasteiger partial charge < -0.3 is 5.32 Å². The summed E-state index contributed by atoms with van der Waals surface area (Å²) in [5.74, 6) is -2.73. The maximum Gasteiger partial charge on any atom is 0.442 e. The second kappa shape index (κ2) is 8.36. The van der Waals surface area contributed by atoms with Gasteiger partial charge in [0.25, 0.3) is 5.91 Å². The maximum absolute atomic E-state index is 14.0. The molecule has 2 aromatic rings. The van der Waals surface area contributed by atoms with Crippen LogP contribution in [0, 0.1) is 0 Å². The molecule has 0 radical (unpaired) electrons. The molecule has 0 saturated heterocycles. The van der Waals surface area contributed by atoms with Crippen LogP contribution in [0.15, 0.2) is 64.5 Å². The van der Waals surface area contributed by atoms with Crippen LogP contribution in [0.2, 0.25) is 0 Å². The minimum Gasteiger partial charge on any atom is -0.317 e. The van der Waals surface area contributed by atoms with Crippen molar-refractivity contribution >= 4 is 27.7 Å². The van der Waals surface area contributed by atoms with E-state index in [2.05, 4.69) is 4.99 Å². The van der Waals surface area contributed by atoms with Crippen LogP contribution in [0.4, 0.5) is 13.2 Å². The molecule has 1 unspecified atom stereocenters. The second-order valence-corrected chi connectivity index (χ2v) is 8.65. The first-order valence-electron chi connectivity index (χ1n) is 9.29. The van der Waals surface area contributed by atoms with Crippen LogP contribution in [-0.4, -0.2) is 49.4 Å². The molecule has 32 heavy (non-hydrogen) atoms. The predicted molar refractivity (Wildman–Crippen MR) is 109 cm³/mol. The van der Waals surface area contributed by atoms with Crippen LogP contribution in [0.1, 0.15) is 18.1 Å². The van der Waals surface area contributed by atoms with Crippen molar-refractivity contribution in [2.24, 2.45) is 10.1 Å². The van der Waals surface area contributed by atoms with Crippen molar-refractivity contribution in [1.29, 1.82) is 0 Å². The van der Waals surface area contributed by atoms with Gasteiger partial charge in [0.15, 0.2) is 0 Å². The Bertz CT molecular complexity index is 1170. The van der Waals surface area contributed by atoms with Gasteiger partial charge in [0.2, 0.25) is 15.9 Å². The zero-order chi connectivity index (χ0) is 23.7. The van der Waals surface area contributed by atoms with E-state index in [0.29, 0.717) is 5.56 Å². The molecule has 1 aliphatic rings. The quantitative estimate of drug-likeness (QED) is 0.668. The number of carbonyl (C=O) groups excluding carboxylic acids is 2. The molecule has 0 spiro atoms. The maximum atomic E-state index is 14.0. The minimum absolute atomic E-state index is 0.0938. The smallest absolute Gasteiger partial charge is 0.317 e. The average Bonchev–Trinajstić information content (AvgIpc) is 2.99. The number of hydrogen-bond acceptors (Lipinski definition) is 5. The molecule has 0 aromatic heterocycles. The van der Waals surface area contributed by atoms with Crippen LogP contribution < -0.4 is 10.5 Å². The van der Waals surface area contributed by atoms with Crippen molar-refractivity contribution < 1.29 is 31.2 Å². The van der Waals surface area contributed by atoms with E-state index in [1.54, 1.807) is 23.5 Å². The van der Waals surface area contributed by atoms with Crippen LogP contribution in [0.5, 0.6) is 0 Å². The summed E-state index contributed by atoms with van der Waals surface area (Å²) >= 11 is 0. The highest BCUT2D eigenvalue weighted by atomic mass is 32.2. The van der Waals surface area contributed by atoms with Crippen molar-refractivity contribution in [3.8, 4) is 0 Å². The highest BCUT2D eigenvalue weighted by molar-refractivity contribution is 7.89. The Hall–Kier alpha value is -3.25. The molecule has 8 nitrogen and oxygen atoms in total. The Balaban J connectivity index is 1.97. The van der Waals surface area contributed by atoms with Gasteiger partial charge in [0, 0.05) is 19.0 Å². The summed E-state index contributed by atoms with van der Waals surface area (Å²) in [5.41, 5.74) is -2.61. The predicted octanol–water partition coefficient (Wildman–Crippen LogP) is 1.56. The molecule has 2 aromatic carbocycles. The van der Waals surface area contributed by atoms with Crippen LogP contribution >= 0.6 is 0 Å². The molecule has 1 heterocycles. The Kier molecular flexibility index (Phi) is 6.11. The molecule has 0 bridgehead atoms. The number of benzene rings is 2. The number of carbonyl (C=O) groups is 2. The Morgan fingerprint density at radius 2 is 1.72 bits per heavy atom. The zero-order valence-corrected chi connectivity index (χ0v) is 17.6. The van der Waals surface area contributed by atoms with Gasteiger partial charge in [0.1, 0.15) is 5.84 Å². The lowest BCUT2D eigenvalue weighted by Gasteiger charge is -2.28. The highest BCUT2D eigenvalue weighted by Crippen LogP contribution is 2.38. The fraction of sp³-hybridized carbons (Fsp3) is 0.250. The number of alkyl halides is 3. The van der Waals surface area contributed by atoms with Crippen molar-refractivity contribution in [3.63, 3.8) is 0 Å². The molecule has 0 fully saturated rings. The minimum atomic E-state index is -5.18. The van der Waals surface area contributed by atoms with Gasteiger partial charge in [0.05, 0.1) is 4.90 Å². The van der Waals surface area contributed by atoms with Gasteiger partial charge >= 0.3 is 11.8 Å². The van der Waals surface area contributed by atoms with E-state index in [1.165, 1.54) is 36.4 Å². The van der Waals surface area contributed by atoms with E-state index in [1.807, 2.05) is 0 Å². The van der Waals surface area contributed by atoms with Crippen LogP contribution in [0.3, 0.4) is 0 Å². The normalized spacial score (nSPS) is 19.1. The lowest BCUT2D eigenvalue weighted by Crippen LogP contribution is -2.63. The molecule has 2 amide bonds. The number of hydrogen-bond donors (Lipinski definition) is 2. The van der Waals surface area contributed by atoms with E-state index in [4.69, 9.17) is 5.14 Å². The number of aliphatic imine (C=N–C) groups is 1. The topological polar surface area (TPSA) is 122 Å². The molecule has 0 saturated carbocycles. The third kappa shape index (κ3) is 4.50. The van der Waals surface area contributed by atoms with Gasteiger partial charge in [-0.2, -0.15) is 13.2 Å². The summed E-state index contributed by atoms with van der Waals surface area (Å²) in [6.07, 6.45) is -5.09. The number of rotatable bonds is 6. The molecule has 170 valence electrons. The third-order valence-corrected chi connectivity index (χ3v) is 5.69. The molecule has 3 N–H and O–H groups in total. The van der Waals surface area contributed by atoms with E-state index in [-0.39, 0.29) is 29.3 Å². The summed E-state index contributed by atoms with van der Waals surface area (Å²) in [6, 6.07) is 13.2. The molecule has 3 rings (SSSR count). The summed E-state index contributed by atoms with van der Waals surface area (Å²) in [6.45, 7) is 0.673. The number of amides is 2. The first kappa shape index (κ1) is 23.4. The first-order chi connectivity index (χ1) is 14.8. The lowest BCUT2D eigenvalue weighted by molar-refractivity contribution is -0.199. The number of primary sulfonamides is 1. The van der Waals surface area contributed by atoms with Gasteiger partial charge in [-0.3, -0.25) is 14.5 Å². The summed E-state index contributed by atoms with van der Waals surface area (Å²) in [7, 11) is -3.90. The molecule has 0 aliphatic carbocycles. The largest absolute Gasteiger partial charge is 0.442 e. The highest BCUT2D eigenvalue weighted by Gasteiger charge is 2.66. The van der Waals surface area contributed by atoms with Crippen molar-refractivity contribution in [2.45, 2.75) is 30.1 Å². The molecular formula is C20H19F3N4O4S. The van der Waals surface area contributed by atoms with Gasteiger partial charge in [-0.25, -0.2) is 18.5 Å². The Labute approximate surface area is 182 Å². The van der Waals surface area contributed by atoms with Crippen LogP contribution in [-0.2, 0) is 26.0 Å². The van der Waals surface area contributed by atoms with Gasteiger partial charge in [-0.05, 0) is 24.1 Å².